The van der Waals surface area contributed by atoms with Crippen LogP contribution in [0.1, 0.15) is 24.9 Å². The van der Waals surface area contributed by atoms with Crippen molar-refractivity contribution in [3.05, 3.63) is 47.2 Å². The summed E-state index contributed by atoms with van der Waals surface area (Å²) in [7, 11) is 0. The number of hydrogen-bond donors (Lipinski definition) is 3. The number of piperidine rings is 1. The lowest BCUT2D eigenvalue weighted by Gasteiger charge is -2.21. The monoisotopic (exact) mass is 259 g/mol. The zero-order valence-corrected chi connectivity index (χ0v) is 11.3. The molecule has 0 saturated carbocycles. The Kier molecular flexibility index (Phi) is 4.71. The molecule has 1 aliphatic rings. The first-order valence-electron chi connectivity index (χ1n) is 6.63. The lowest BCUT2D eigenvalue weighted by Crippen LogP contribution is -2.34. The highest BCUT2D eigenvalue weighted by Gasteiger charge is 2.17. The van der Waals surface area contributed by atoms with E-state index in [2.05, 4.69) is 24.4 Å². The SMILES string of the molecule is CC(N=C1CNCC/C1=C(/N)CO)c1ccccc1. The summed E-state index contributed by atoms with van der Waals surface area (Å²) >= 11 is 0. The molecule has 19 heavy (non-hydrogen) atoms. The van der Waals surface area contributed by atoms with Crippen LogP contribution in [0.4, 0.5) is 0 Å². The minimum absolute atomic E-state index is 0.0950. The number of hydrogen-bond acceptors (Lipinski definition) is 4. The molecule has 1 saturated heterocycles. The van der Waals surface area contributed by atoms with Crippen molar-refractivity contribution in [1.82, 2.24) is 5.32 Å². The minimum atomic E-state index is -0.103. The van der Waals surface area contributed by atoms with Crippen LogP contribution in [0.5, 0.6) is 0 Å². The fraction of sp³-hybridized carbons (Fsp3) is 0.400. The Morgan fingerprint density at radius 2 is 2.16 bits per heavy atom. The molecule has 1 atom stereocenters. The molecule has 0 spiro atoms. The maximum Gasteiger partial charge on any atom is 0.0828 e. The van der Waals surface area contributed by atoms with Gasteiger partial charge in [-0.25, -0.2) is 0 Å². The first-order valence-corrected chi connectivity index (χ1v) is 6.63. The van der Waals surface area contributed by atoms with Gasteiger partial charge in [0.25, 0.3) is 0 Å². The Bertz CT molecular complexity index is 479. The van der Waals surface area contributed by atoms with Gasteiger partial charge in [0.2, 0.25) is 0 Å². The summed E-state index contributed by atoms with van der Waals surface area (Å²) in [5.74, 6) is 0. The molecule has 102 valence electrons. The van der Waals surface area contributed by atoms with Gasteiger partial charge < -0.3 is 16.2 Å². The molecule has 1 heterocycles. The third-order valence-electron chi connectivity index (χ3n) is 3.38. The van der Waals surface area contributed by atoms with Crippen molar-refractivity contribution in [1.29, 1.82) is 0 Å². The second-order valence-electron chi connectivity index (χ2n) is 4.75. The van der Waals surface area contributed by atoms with Crippen LogP contribution in [-0.4, -0.2) is 30.5 Å². The van der Waals surface area contributed by atoms with E-state index in [4.69, 9.17) is 10.7 Å². The van der Waals surface area contributed by atoms with Crippen LogP contribution in [0.2, 0.25) is 0 Å². The number of rotatable bonds is 3. The predicted octanol–water partition coefficient (Wildman–Crippen LogP) is 1.39. The summed E-state index contributed by atoms with van der Waals surface area (Å²) in [5, 5.41) is 12.5. The summed E-state index contributed by atoms with van der Waals surface area (Å²) in [6.45, 7) is 3.57. The molecule has 0 aromatic heterocycles. The number of benzene rings is 1. The van der Waals surface area contributed by atoms with Crippen LogP contribution < -0.4 is 11.1 Å². The smallest absolute Gasteiger partial charge is 0.0828 e. The molecular weight excluding hydrogens is 238 g/mol. The molecule has 1 fully saturated rings. The van der Waals surface area contributed by atoms with Gasteiger partial charge in [0.15, 0.2) is 0 Å². The van der Waals surface area contributed by atoms with Gasteiger partial charge in [-0.15, -0.1) is 0 Å². The molecule has 0 amide bonds. The van der Waals surface area contributed by atoms with Crippen LogP contribution >= 0.6 is 0 Å². The molecule has 4 N–H and O–H groups in total. The number of aliphatic hydroxyl groups is 1. The zero-order valence-electron chi connectivity index (χ0n) is 11.3. The Labute approximate surface area is 114 Å². The van der Waals surface area contributed by atoms with E-state index in [0.717, 1.165) is 24.3 Å². The van der Waals surface area contributed by atoms with E-state index < -0.39 is 0 Å². The van der Waals surface area contributed by atoms with E-state index in [1.165, 1.54) is 5.56 Å². The predicted molar refractivity (Wildman–Crippen MR) is 78.1 cm³/mol. The lowest BCUT2D eigenvalue weighted by atomic mass is 10.00. The molecule has 1 aromatic rings. The van der Waals surface area contributed by atoms with E-state index in [9.17, 15) is 5.11 Å². The summed E-state index contributed by atoms with van der Waals surface area (Å²) in [6, 6.07) is 10.3. The van der Waals surface area contributed by atoms with E-state index >= 15 is 0 Å². The highest BCUT2D eigenvalue weighted by molar-refractivity contribution is 6.03. The van der Waals surface area contributed by atoms with Crippen molar-refractivity contribution >= 4 is 5.71 Å². The number of nitrogens with zero attached hydrogens (tertiary/aromatic N) is 1. The van der Waals surface area contributed by atoms with E-state index in [1.807, 2.05) is 18.2 Å². The van der Waals surface area contributed by atoms with Crippen LogP contribution in [0.25, 0.3) is 0 Å². The number of nitrogens with one attached hydrogen (secondary N) is 1. The second kappa shape index (κ2) is 6.50. The normalized spacial score (nSPS) is 22.3. The topological polar surface area (TPSA) is 70.6 Å². The Balaban J connectivity index is 2.25. The molecule has 1 aromatic carbocycles. The van der Waals surface area contributed by atoms with Gasteiger partial charge in [0, 0.05) is 12.2 Å². The van der Waals surface area contributed by atoms with E-state index in [-0.39, 0.29) is 12.6 Å². The van der Waals surface area contributed by atoms with Gasteiger partial charge >= 0.3 is 0 Å². The quantitative estimate of drug-likeness (QED) is 0.768. The summed E-state index contributed by atoms with van der Waals surface area (Å²) in [6.07, 6.45) is 0.826. The van der Waals surface area contributed by atoms with Crippen molar-refractivity contribution in [2.75, 3.05) is 19.7 Å². The van der Waals surface area contributed by atoms with Crippen molar-refractivity contribution < 1.29 is 5.11 Å². The summed E-state index contributed by atoms with van der Waals surface area (Å²) < 4.78 is 0. The minimum Gasteiger partial charge on any atom is -0.400 e. The maximum atomic E-state index is 9.20. The van der Waals surface area contributed by atoms with Crippen LogP contribution in [0.3, 0.4) is 0 Å². The second-order valence-corrected chi connectivity index (χ2v) is 4.75. The van der Waals surface area contributed by atoms with Gasteiger partial charge in [-0.05, 0) is 31.0 Å². The molecule has 1 unspecified atom stereocenters. The first kappa shape index (κ1) is 13.8. The standard InChI is InChI=1S/C15H21N3O/c1-11(12-5-3-2-4-6-12)18-15-9-17-8-7-13(15)14(16)10-19/h2-6,11,17,19H,7-10,16H2,1H3/b14-13-,18-15?. The molecule has 2 rings (SSSR count). The van der Waals surface area contributed by atoms with E-state index in [1.54, 1.807) is 0 Å². The van der Waals surface area contributed by atoms with Crippen LogP contribution in [-0.2, 0) is 0 Å². The van der Waals surface area contributed by atoms with Gasteiger partial charge in [-0.1, -0.05) is 30.3 Å². The van der Waals surface area contributed by atoms with E-state index in [0.29, 0.717) is 12.2 Å². The Morgan fingerprint density at radius 1 is 1.42 bits per heavy atom. The molecule has 0 radical (unpaired) electrons. The maximum absolute atomic E-state index is 9.20. The number of aliphatic imine (C=N–C) groups is 1. The van der Waals surface area contributed by atoms with Crippen molar-refractivity contribution in [2.24, 2.45) is 10.7 Å². The Morgan fingerprint density at radius 3 is 2.84 bits per heavy atom. The highest BCUT2D eigenvalue weighted by atomic mass is 16.3. The van der Waals surface area contributed by atoms with Gasteiger partial charge in [-0.3, -0.25) is 4.99 Å². The largest absolute Gasteiger partial charge is 0.400 e. The van der Waals surface area contributed by atoms with Crippen LogP contribution in [0, 0.1) is 0 Å². The fourth-order valence-corrected chi connectivity index (χ4v) is 2.28. The number of aliphatic hydroxyl groups excluding tert-OH is 1. The molecular formula is C15H21N3O. The highest BCUT2D eigenvalue weighted by Crippen LogP contribution is 2.20. The van der Waals surface area contributed by atoms with Crippen molar-refractivity contribution in [2.45, 2.75) is 19.4 Å². The molecule has 4 nitrogen and oxygen atoms in total. The lowest BCUT2D eigenvalue weighted by molar-refractivity contribution is 0.328. The average Bonchev–Trinajstić information content (AvgIpc) is 2.48. The van der Waals surface area contributed by atoms with Crippen LogP contribution in [0.15, 0.2) is 46.6 Å². The third kappa shape index (κ3) is 3.43. The summed E-state index contributed by atoms with van der Waals surface area (Å²) in [5.41, 5.74) is 9.57. The zero-order chi connectivity index (χ0) is 13.7. The molecule has 1 aliphatic heterocycles. The first-order chi connectivity index (χ1) is 9.22. The van der Waals surface area contributed by atoms with Crippen molar-refractivity contribution in [3.8, 4) is 0 Å². The fourth-order valence-electron chi connectivity index (χ4n) is 2.28. The van der Waals surface area contributed by atoms with Crippen molar-refractivity contribution in [3.63, 3.8) is 0 Å². The van der Waals surface area contributed by atoms with Gasteiger partial charge in [0.05, 0.1) is 18.4 Å². The number of nitrogens with two attached hydrogens (primary N) is 1. The van der Waals surface area contributed by atoms with Gasteiger partial charge in [-0.2, -0.15) is 0 Å². The van der Waals surface area contributed by atoms with Gasteiger partial charge in [0.1, 0.15) is 0 Å². The summed E-state index contributed by atoms with van der Waals surface area (Å²) in [4.78, 5) is 4.76. The average molecular weight is 259 g/mol. The third-order valence-corrected chi connectivity index (χ3v) is 3.38. The Hall–Kier alpha value is -1.65. The molecule has 4 heteroatoms. The molecule has 0 aliphatic carbocycles. The molecule has 0 bridgehead atoms.